The average Bonchev–Trinajstić information content (AvgIpc) is 1.89. The molecule has 0 aromatic rings. The fraction of sp³-hybridized carbons (Fsp3) is 1.00. The van der Waals surface area contributed by atoms with Gasteiger partial charge in [0.25, 0.3) is 0 Å². The van der Waals surface area contributed by atoms with Gasteiger partial charge in [-0.2, -0.15) is 0 Å². The summed E-state index contributed by atoms with van der Waals surface area (Å²) in [6, 6.07) is 0. The van der Waals surface area contributed by atoms with Crippen molar-refractivity contribution in [1.82, 2.24) is 0 Å². The molecule has 0 rings (SSSR count). The molecule has 1 heteroatoms. The van der Waals surface area contributed by atoms with Crippen molar-refractivity contribution in [2.45, 2.75) is 57.7 Å². The molecule has 0 heterocycles. The number of hydrogen-bond acceptors (Lipinski definition) is 0. The topological polar surface area (TPSA) is 0 Å². The van der Waals surface area contributed by atoms with Crippen LogP contribution in [0.5, 0.6) is 0 Å². The highest BCUT2D eigenvalue weighted by atomic mass is 35.5. The zero-order chi connectivity index (χ0) is 8.04. The van der Waals surface area contributed by atoms with Gasteiger partial charge in [0.1, 0.15) is 0 Å². The van der Waals surface area contributed by atoms with Gasteiger partial charge in [0.15, 0.2) is 0 Å². The molecule has 0 spiro atoms. The summed E-state index contributed by atoms with van der Waals surface area (Å²) >= 11 is 6.16. The van der Waals surface area contributed by atoms with E-state index in [9.17, 15) is 0 Å². The predicted octanol–water partition coefficient (Wildman–Crippen LogP) is 3.97. The Labute approximate surface area is 70.0 Å². The Kier molecular flexibility index (Phi) is 5.15. The molecule has 0 aliphatic carbocycles. The van der Waals surface area contributed by atoms with Crippen molar-refractivity contribution in [3.63, 3.8) is 0 Å². The second kappa shape index (κ2) is 5.01. The third-order valence-corrected chi connectivity index (χ3v) is 2.50. The summed E-state index contributed by atoms with van der Waals surface area (Å²) in [4.78, 5) is 0.0647. The fourth-order valence-electron chi connectivity index (χ4n) is 0.920. The van der Waals surface area contributed by atoms with Crippen LogP contribution >= 0.6 is 11.6 Å². The molecule has 0 aliphatic heterocycles. The molecule has 0 nitrogen and oxygen atoms in total. The molecular formula is C9H19Cl. The van der Waals surface area contributed by atoms with Crippen molar-refractivity contribution in [1.29, 1.82) is 0 Å². The molecule has 0 radical (unpaired) electrons. The van der Waals surface area contributed by atoms with Crippen molar-refractivity contribution < 1.29 is 0 Å². The summed E-state index contributed by atoms with van der Waals surface area (Å²) in [7, 11) is 0. The van der Waals surface area contributed by atoms with Crippen LogP contribution in [0.25, 0.3) is 0 Å². The van der Waals surface area contributed by atoms with Crippen LogP contribution in [-0.4, -0.2) is 4.87 Å². The lowest BCUT2D eigenvalue weighted by atomic mass is 10.0. The van der Waals surface area contributed by atoms with Gasteiger partial charge in [-0.15, -0.1) is 11.6 Å². The third-order valence-electron chi connectivity index (χ3n) is 2.04. The van der Waals surface area contributed by atoms with Crippen LogP contribution in [0.3, 0.4) is 0 Å². The molecule has 0 saturated heterocycles. The molecule has 0 N–H and O–H groups in total. The van der Waals surface area contributed by atoms with Crippen LogP contribution in [-0.2, 0) is 0 Å². The summed E-state index contributed by atoms with van der Waals surface area (Å²) in [5, 5.41) is 0. The molecule has 10 heavy (non-hydrogen) atoms. The molecule has 0 fully saturated rings. The van der Waals surface area contributed by atoms with Crippen LogP contribution in [0.4, 0.5) is 0 Å². The normalized spacial score (nSPS) is 16.8. The van der Waals surface area contributed by atoms with Crippen LogP contribution in [0.15, 0.2) is 0 Å². The van der Waals surface area contributed by atoms with Gasteiger partial charge in [0, 0.05) is 4.87 Å². The van der Waals surface area contributed by atoms with E-state index in [0.717, 1.165) is 6.42 Å². The lowest BCUT2D eigenvalue weighted by Gasteiger charge is -2.18. The summed E-state index contributed by atoms with van der Waals surface area (Å²) in [5.41, 5.74) is 0. The average molecular weight is 163 g/mol. The number of hydrogen-bond donors (Lipinski definition) is 0. The van der Waals surface area contributed by atoms with Crippen molar-refractivity contribution in [2.24, 2.45) is 0 Å². The lowest BCUT2D eigenvalue weighted by Crippen LogP contribution is -2.13. The van der Waals surface area contributed by atoms with E-state index < -0.39 is 0 Å². The molecule has 0 saturated carbocycles. The fourth-order valence-corrected chi connectivity index (χ4v) is 1.05. The molecule has 0 aliphatic rings. The zero-order valence-corrected chi connectivity index (χ0v) is 8.17. The molecule has 0 bridgehead atoms. The highest BCUT2D eigenvalue weighted by molar-refractivity contribution is 6.23. The SMILES string of the molecule is CCCCC[C@@](C)(Cl)CC. The van der Waals surface area contributed by atoms with Crippen molar-refractivity contribution in [3.05, 3.63) is 0 Å². The van der Waals surface area contributed by atoms with Crippen LogP contribution in [0, 0.1) is 0 Å². The minimum atomic E-state index is 0.0647. The van der Waals surface area contributed by atoms with E-state index >= 15 is 0 Å². The second-order valence-electron chi connectivity index (χ2n) is 3.22. The first-order valence-corrected chi connectivity index (χ1v) is 4.69. The first-order chi connectivity index (χ1) is 4.62. The monoisotopic (exact) mass is 162 g/mol. The third kappa shape index (κ3) is 5.10. The smallest absolute Gasteiger partial charge is 0.0416 e. The van der Waals surface area contributed by atoms with Crippen LogP contribution < -0.4 is 0 Å². The van der Waals surface area contributed by atoms with Gasteiger partial charge in [0.2, 0.25) is 0 Å². The molecule has 0 unspecified atom stereocenters. The summed E-state index contributed by atoms with van der Waals surface area (Å²) in [5.74, 6) is 0. The number of rotatable bonds is 5. The van der Waals surface area contributed by atoms with E-state index in [1.807, 2.05) is 0 Å². The Morgan fingerprint density at radius 2 is 1.80 bits per heavy atom. The molecule has 1 atom stereocenters. The number of halogens is 1. The second-order valence-corrected chi connectivity index (χ2v) is 4.14. The van der Waals surface area contributed by atoms with Crippen molar-refractivity contribution in [3.8, 4) is 0 Å². The molecule has 0 aromatic carbocycles. The van der Waals surface area contributed by atoms with Gasteiger partial charge in [-0.1, -0.05) is 33.1 Å². The Morgan fingerprint density at radius 3 is 2.20 bits per heavy atom. The summed E-state index contributed by atoms with van der Waals surface area (Å²) in [6.07, 6.45) is 6.14. The van der Waals surface area contributed by atoms with Crippen LogP contribution in [0.2, 0.25) is 0 Å². The van der Waals surface area contributed by atoms with E-state index in [4.69, 9.17) is 11.6 Å². The molecular weight excluding hydrogens is 144 g/mol. The van der Waals surface area contributed by atoms with Crippen LogP contribution in [0.1, 0.15) is 52.9 Å². The van der Waals surface area contributed by atoms with Gasteiger partial charge in [-0.05, 0) is 19.8 Å². The standard InChI is InChI=1S/C9H19Cl/c1-4-6-7-8-9(3,10)5-2/h4-8H2,1-3H3/t9-/m0/s1. The van der Waals surface area contributed by atoms with E-state index in [1.165, 1.54) is 25.7 Å². The first kappa shape index (κ1) is 10.3. The van der Waals surface area contributed by atoms with Crippen molar-refractivity contribution >= 4 is 11.6 Å². The lowest BCUT2D eigenvalue weighted by molar-refractivity contribution is 0.516. The molecule has 62 valence electrons. The Balaban J connectivity index is 3.28. The Hall–Kier alpha value is 0.290. The molecule has 0 aromatic heterocycles. The van der Waals surface area contributed by atoms with Gasteiger partial charge in [0.05, 0.1) is 0 Å². The summed E-state index contributed by atoms with van der Waals surface area (Å²) in [6.45, 7) is 6.50. The van der Waals surface area contributed by atoms with Gasteiger partial charge in [-0.25, -0.2) is 0 Å². The highest BCUT2D eigenvalue weighted by Crippen LogP contribution is 2.25. The Bertz CT molecular complexity index is 76.8. The number of alkyl halides is 1. The predicted molar refractivity (Wildman–Crippen MR) is 48.7 cm³/mol. The zero-order valence-electron chi connectivity index (χ0n) is 7.41. The number of unbranched alkanes of at least 4 members (excludes halogenated alkanes) is 2. The maximum Gasteiger partial charge on any atom is 0.0416 e. The summed E-state index contributed by atoms with van der Waals surface area (Å²) < 4.78 is 0. The van der Waals surface area contributed by atoms with Gasteiger partial charge in [-0.3, -0.25) is 0 Å². The van der Waals surface area contributed by atoms with Crippen molar-refractivity contribution in [2.75, 3.05) is 0 Å². The minimum Gasteiger partial charge on any atom is -0.120 e. The highest BCUT2D eigenvalue weighted by Gasteiger charge is 2.16. The van der Waals surface area contributed by atoms with E-state index in [-0.39, 0.29) is 4.87 Å². The minimum absolute atomic E-state index is 0.0647. The molecule has 0 amide bonds. The first-order valence-electron chi connectivity index (χ1n) is 4.31. The van der Waals surface area contributed by atoms with Gasteiger partial charge >= 0.3 is 0 Å². The largest absolute Gasteiger partial charge is 0.120 e. The maximum absolute atomic E-state index is 6.16. The Morgan fingerprint density at radius 1 is 1.20 bits per heavy atom. The van der Waals surface area contributed by atoms with E-state index in [0.29, 0.717) is 0 Å². The quantitative estimate of drug-likeness (QED) is 0.424. The van der Waals surface area contributed by atoms with E-state index in [2.05, 4.69) is 20.8 Å². The van der Waals surface area contributed by atoms with Gasteiger partial charge < -0.3 is 0 Å². The van der Waals surface area contributed by atoms with E-state index in [1.54, 1.807) is 0 Å². The maximum atomic E-state index is 6.16.